The highest BCUT2D eigenvalue weighted by molar-refractivity contribution is 5.97. The van der Waals surface area contributed by atoms with Crippen molar-refractivity contribution in [3.8, 4) is 5.75 Å². The minimum Gasteiger partial charge on any atom is -0.482 e. The van der Waals surface area contributed by atoms with E-state index in [0.29, 0.717) is 5.92 Å². The van der Waals surface area contributed by atoms with Gasteiger partial charge in [0.2, 0.25) is 0 Å². The molecule has 110 valence electrons. The quantitative estimate of drug-likeness (QED) is 0.899. The normalized spacial score (nSPS) is 16.1. The molecule has 4 nitrogen and oxygen atoms in total. The van der Waals surface area contributed by atoms with Crippen LogP contribution in [-0.2, 0) is 4.79 Å². The number of amides is 1. The van der Waals surface area contributed by atoms with E-state index >= 15 is 0 Å². The molecule has 0 aliphatic carbocycles. The van der Waals surface area contributed by atoms with Gasteiger partial charge in [-0.15, -0.1) is 0 Å². The fraction of sp³-hybridized carbons (Fsp3) is 0.562. The lowest BCUT2D eigenvalue weighted by Gasteiger charge is -2.30. The molecule has 1 atom stereocenters. The maximum Gasteiger partial charge on any atom is 0.265 e. The Hall–Kier alpha value is -1.55. The number of ether oxygens (including phenoxy) is 1. The second kappa shape index (κ2) is 6.27. The van der Waals surface area contributed by atoms with Gasteiger partial charge in [0.1, 0.15) is 5.75 Å². The van der Waals surface area contributed by atoms with Crippen molar-refractivity contribution >= 4 is 11.6 Å². The second-order valence-corrected chi connectivity index (χ2v) is 5.76. The molecular formula is C16H24N2O2. The molecule has 1 aromatic rings. The highest BCUT2D eigenvalue weighted by Crippen LogP contribution is 2.34. The summed E-state index contributed by atoms with van der Waals surface area (Å²) in [6.07, 6.45) is 1.86. The van der Waals surface area contributed by atoms with E-state index in [1.165, 1.54) is 0 Å². The van der Waals surface area contributed by atoms with Gasteiger partial charge in [-0.25, -0.2) is 0 Å². The third kappa shape index (κ3) is 3.12. The number of carbonyl (C=O) groups excluding carboxylic acids is 1. The Labute approximate surface area is 120 Å². The van der Waals surface area contributed by atoms with Crippen molar-refractivity contribution in [1.29, 1.82) is 0 Å². The lowest BCUT2D eigenvalue weighted by Crippen LogP contribution is -2.39. The Balaban J connectivity index is 2.29. The molecule has 1 heterocycles. The van der Waals surface area contributed by atoms with Gasteiger partial charge in [-0.1, -0.05) is 26.8 Å². The molecule has 0 spiro atoms. The van der Waals surface area contributed by atoms with Gasteiger partial charge in [-0.3, -0.25) is 4.79 Å². The number of hydrogen-bond donors (Lipinski definition) is 1. The van der Waals surface area contributed by atoms with Crippen LogP contribution in [0.4, 0.5) is 5.69 Å². The molecule has 1 amide bonds. The molecule has 20 heavy (non-hydrogen) atoms. The topological polar surface area (TPSA) is 55.6 Å². The monoisotopic (exact) mass is 276 g/mol. The third-order valence-electron chi connectivity index (χ3n) is 3.72. The van der Waals surface area contributed by atoms with Gasteiger partial charge in [-0.05, 0) is 36.5 Å². The highest BCUT2D eigenvalue weighted by atomic mass is 16.5. The molecule has 2 N–H and O–H groups in total. The van der Waals surface area contributed by atoms with E-state index in [9.17, 15) is 4.79 Å². The number of nitrogens with two attached hydrogens (primary N) is 1. The van der Waals surface area contributed by atoms with E-state index in [0.717, 1.165) is 36.4 Å². The van der Waals surface area contributed by atoms with Crippen LogP contribution < -0.4 is 15.4 Å². The van der Waals surface area contributed by atoms with Crippen LogP contribution in [0.5, 0.6) is 5.75 Å². The maximum absolute atomic E-state index is 12.1. The zero-order chi connectivity index (χ0) is 14.7. The standard InChI is InChI=1S/C16H24N2O2/c1-4-13(17)12-5-6-15-14(9-12)18(8-7-11(2)3)16(19)10-20-15/h5-6,9,11,13H,4,7-8,10,17H2,1-3H3. The summed E-state index contributed by atoms with van der Waals surface area (Å²) in [6.45, 7) is 7.24. The van der Waals surface area contributed by atoms with Gasteiger partial charge in [0.25, 0.3) is 5.91 Å². The number of rotatable bonds is 5. The highest BCUT2D eigenvalue weighted by Gasteiger charge is 2.26. The second-order valence-electron chi connectivity index (χ2n) is 5.76. The lowest BCUT2D eigenvalue weighted by atomic mass is 10.0. The number of fused-ring (bicyclic) bond motifs is 1. The fourth-order valence-electron chi connectivity index (χ4n) is 2.32. The zero-order valence-corrected chi connectivity index (χ0v) is 12.6. The SMILES string of the molecule is CCC(N)c1ccc2c(c1)N(CCC(C)C)C(=O)CO2. The number of benzene rings is 1. The van der Waals surface area contributed by atoms with E-state index in [1.807, 2.05) is 23.1 Å². The largest absolute Gasteiger partial charge is 0.482 e. The summed E-state index contributed by atoms with van der Waals surface area (Å²) in [5.74, 6) is 1.37. The molecule has 1 unspecified atom stereocenters. The first-order valence-electron chi connectivity index (χ1n) is 7.35. The van der Waals surface area contributed by atoms with Crippen molar-refractivity contribution in [2.75, 3.05) is 18.1 Å². The number of anilines is 1. The number of nitrogens with zero attached hydrogens (tertiary/aromatic N) is 1. The minimum absolute atomic E-state index is 0.00396. The minimum atomic E-state index is 0.00396. The molecule has 2 rings (SSSR count). The van der Waals surface area contributed by atoms with Crippen LogP contribution >= 0.6 is 0 Å². The van der Waals surface area contributed by atoms with Crippen molar-refractivity contribution < 1.29 is 9.53 Å². The fourth-order valence-corrected chi connectivity index (χ4v) is 2.32. The lowest BCUT2D eigenvalue weighted by molar-refractivity contribution is -0.121. The van der Waals surface area contributed by atoms with Crippen LogP contribution in [0.15, 0.2) is 18.2 Å². The molecule has 0 bridgehead atoms. The van der Waals surface area contributed by atoms with Gasteiger partial charge in [0, 0.05) is 12.6 Å². The molecule has 1 aromatic carbocycles. The molecule has 0 saturated heterocycles. The van der Waals surface area contributed by atoms with E-state index in [4.69, 9.17) is 10.5 Å². The first-order valence-corrected chi connectivity index (χ1v) is 7.35. The average molecular weight is 276 g/mol. The van der Waals surface area contributed by atoms with Crippen molar-refractivity contribution in [3.05, 3.63) is 23.8 Å². The summed E-state index contributed by atoms with van der Waals surface area (Å²) in [7, 11) is 0. The smallest absolute Gasteiger partial charge is 0.265 e. The third-order valence-corrected chi connectivity index (χ3v) is 3.72. The van der Waals surface area contributed by atoms with Crippen LogP contribution in [0.25, 0.3) is 0 Å². The summed E-state index contributed by atoms with van der Waals surface area (Å²) in [5.41, 5.74) is 8.00. The van der Waals surface area contributed by atoms with Gasteiger partial charge >= 0.3 is 0 Å². The first-order chi connectivity index (χ1) is 9.52. The van der Waals surface area contributed by atoms with E-state index in [2.05, 4.69) is 20.8 Å². The Morgan fingerprint density at radius 1 is 1.40 bits per heavy atom. The Kier molecular flexibility index (Phi) is 4.65. The van der Waals surface area contributed by atoms with Crippen LogP contribution in [0.1, 0.15) is 45.2 Å². The van der Waals surface area contributed by atoms with Crippen molar-refractivity contribution in [2.45, 2.75) is 39.7 Å². The number of carbonyl (C=O) groups is 1. The Bertz CT molecular complexity index is 485. The summed E-state index contributed by atoms with van der Waals surface area (Å²) in [4.78, 5) is 13.9. The average Bonchev–Trinajstić information content (AvgIpc) is 2.44. The predicted molar refractivity (Wildman–Crippen MR) is 81.0 cm³/mol. The van der Waals surface area contributed by atoms with E-state index in [-0.39, 0.29) is 18.6 Å². The van der Waals surface area contributed by atoms with Crippen LogP contribution in [0.3, 0.4) is 0 Å². The predicted octanol–water partition coefficient (Wildman–Crippen LogP) is 2.87. The van der Waals surface area contributed by atoms with Crippen LogP contribution in [-0.4, -0.2) is 19.1 Å². The van der Waals surface area contributed by atoms with Crippen molar-refractivity contribution in [3.63, 3.8) is 0 Å². The van der Waals surface area contributed by atoms with Gasteiger partial charge in [0.05, 0.1) is 5.69 Å². The Morgan fingerprint density at radius 3 is 2.80 bits per heavy atom. The molecule has 4 heteroatoms. The van der Waals surface area contributed by atoms with Gasteiger partial charge in [0.15, 0.2) is 6.61 Å². The maximum atomic E-state index is 12.1. The van der Waals surface area contributed by atoms with Gasteiger partial charge < -0.3 is 15.4 Å². The van der Waals surface area contributed by atoms with Crippen molar-refractivity contribution in [2.24, 2.45) is 11.7 Å². The van der Waals surface area contributed by atoms with E-state index in [1.54, 1.807) is 0 Å². The first kappa shape index (κ1) is 14.9. The Morgan fingerprint density at radius 2 is 2.15 bits per heavy atom. The van der Waals surface area contributed by atoms with Crippen molar-refractivity contribution in [1.82, 2.24) is 0 Å². The molecule has 1 aliphatic heterocycles. The molecular weight excluding hydrogens is 252 g/mol. The summed E-state index contributed by atoms with van der Waals surface area (Å²) in [5, 5.41) is 0. The van der Waals surface area contributed by atoms with Gasteiger partial charge in [-0.2, -0.15) is 0 Å². The number of hydrogen-bond acceptors (Lipinski definition) is 3. The molecule has 0 fully saturated rings. The molecule has 0 radical (unpaired) electrons. The summed E-state index contributed by atoms with van der Waals surface area (Å²) in [6, 6.07) is 5.92. The van der Waals surface area contributed by atoms with E-state index < -0.39 is 0 Å². The summed E-state index contributed by atoms with van der Waals surface area (Å²) >= 11 is 0. The molecule has 0 aromatic heterocycles. The zero-order valence-electron chi connectivity index (χ0n) is 12.6. The van der Waals surface area contributed by atoms with Crippen LogP contribution in [0.2, 0.25) is 0 Å². The van der Waals surface area contributed by atoms with Crippen LogP contribution in [0, 0.1) is 5.92 Å². The summed E-state index contributed by atoms with van der Waals surface area (Å²) < 4.78 is 5.51. The molecule has 1 aliphatic rings. The molecule has 0 saturated carbocycles.